The minimum Gasteiger partial charge on any atom is -0.298 e. The molecule has 0 amide bonds. The van der Waals surface area contributed by atoms with Gasteiger partial charge in [0.25, 0.3) is 0 Å². The number of hydrogen-bond donors (Lipinski definition) is 0. The van der Waals surface area contributed by atoms with Crippen molar-refractivity contribution in [2.75, 3.05) is 0 Å². The van der Waals surface area contributed by atoms with Gasteiger partial charge in [0.05, 0.1) is 11.6 Å². The topological polar surface area (TPSA) is 29.4 Å². The molecule has 0 radical (unpaired) electrons. The van der Waals surface area contributed by atoms with E-state index in [1.54, 1.807) is 0 Å². The molecule has 0 aromatic carbocycles. The van der Waals surface area contributed by atoms with Gasteiger partial charge < -0.3 is 0 Å². The second kappa shape index (κ2) is 4.13. The van der Waals surface area contributed by atoms with Crippen LogP contribution >= 0.6 is 0 Å². The Morgan fingerprint density at radius 3 is 2.27 bits per heavy atom. The van der Waals surface area contributed by atoms with E-state index in [0.717, 1.165) is 22.6 Å². The third-order valence-corrected chi connectivity index (χ3v) is 3.00. The summed E-state index contributed by atoms with van der Waals surface area (Å²) in [5, 5.41) is 0. The zero-order chi connectivity index (χ0) is 11.7. The molecule has 0 saturated heterocycles. The first kappa shape index (κ1) is 11.9. The Morgan fingerprint density at radius 1 is 1.27 bits per heavy atom. The van der Waals surface area contributed by atoms with E-state index in [-0.39, 0.29) is 17.6 Å². The lowest BCUT2D eigenvalue weighted by atomic mass is 9.78. The van der Waals surface area contributed by atoms with Gasteiger partial charge in [0, 0.05) is 11.6 Å². The lowest BCUT2D eigenvalue weighted by Gasteiger charge is -2.27. The van der Waals surface area contributed by atoms with Crippen LogP contribution in [0.15, 0.2) is 28.4 Å². The second-order valence-corrected chi connectivity index (χ2v) is 4.44. The summed E-state index contributed by atoms with van der Waals surface area (Å²) in [5.74, 6) is 0.0714. The number of Topliss-reactive ketones (excluding diaryl/α,β-unsaturated/α-hetero) is 1. The second-order valence-electron chi connectivity index (χ2n) is 4.44. The first-order valence-electron chi connectivity index (χ1n) is 5.31. The van der Waals surface area contributed by atoms with Gasteiger partial charge in [-0.3, -0.25) is 9.79 Å². The van der Waals surface area contributed by atoms with Gasteiger partial charge in [-0.05, 0) is 38.8 Å². The van der Waals surface area contributed by atoms with Crippen LogP contribution in [0.5, 0.6) is 0 Å². The molecule has 2 nitrogen and oxygen atoms in total. The van der Waals surface area contributed by atoms with Crippen molar-refractivity contribution in [3.63, 3.8) is 0 Å². The smallest absolute Gasteiger partial charge is 0.148 e. The van der Waals surface area contributed by atoms with Crippen molar-refractivity contribution in [2.24, 2.45) is 16.8 Å². The normalized spacial score (nSPS) is 27.0. The number of carbonyl (C=O) groups excluding carboxylic acids is 1. The van der Waals surface area contributed by atoms with Crippen molar-refractivity contribution in [3.8, 4) is 0 Å². The Bertz CT molecular complexity index is 370. The van der Waals surface area contributed by atoms with Crippen molar-refractivity contribution in [1.29, 1.82) is 0 Å². The highest BCUT2D eigenvalue weighted by atomic mass is 16.1. The average Bonchev–Trinajstić information content (AvgIpc) is 2.18. The number of carbonyl (C=O) groups is 1. The van der Waals surface area contributed by atoms with Crippen LogP contribution in [-0.4, -0.2) is 11.5 Å². The van der Waals surface area contributed by atoms with Gasteiger partial charge in [-0.25, -0.2) is 0 Å². The molecule has 0 fully saturated rings. The molecule has 2 heteroatoms. The number of rotatable bonds is 1. The minimum absolute atomic E-state index is 0.0592. The molecular formula is C13H19NO. The SMILES string of the molecule is C=C1C(C)=C(N=C(C)C)C(C)C(=O)C1C. The third kappa shape index (κ3) is 2.09. The van der Waals surface area contributed by atoms with Crippen LogP contribution in [0, 0.1) is 11.8 Å². The van der Waals surface area contributed by atoms with E-state index in [0.29, 0.717) is 0 Å². The van der Waals surface area contributed by atoms with Crippen molar-refractivity contribution in [1.82, 2.24) is 0 Å². The summed E-state index contributed by atoms with van der Waals surface area (Å²) >= 11 is 0. The molecule has 0 heterocycles. The summed E-state index contributed by atoms with van der Waals surface area (Å²) in [5.41, 5.74) is 3.86. The van der Waals surface area contributed by atoms with Crippen LogP contribution in [0.25, 0.3) is 0 Å². The summed E-state index contributed by atoms with van der Waals surface area (Å²) in [4.78, 5) is 16.4. The molecule has 2 unspecified atom stereocenters. The van der Waals surface area contributed by atoms with E-state index < -0.39 is 0 Å². The molecule has 0 saturated carbocycles. The number of aliphatic imine (C=N–C) groups is 1. The maximum Gasteiger partial charge on any atom is 0.148 e. The van der Waals surface area contributed by atoms with Gasteiger partial charge in [0.15, 0.2) is 0 Å². The lowest BCUT2D eigenvalue weighted by Crippen LogP contribution is -2.28. The molecule has 0 bridgehead atoms. The molecule has 1 aliphatic rings. The van der Waals surface area contributed by atoms with E-state index >= 15 is 0 Å². The van der Waals surface area contributed by atoms with Gasteiger partial charge in [0.2, 0.25) is 0 Å². The van der Waals surface area contributed by atoms with E-state index in [2.05, 4.69) is 11.6 Å². The number of hydrogen-bond acceptors (Lipinski definition) is 2. The van der Waals surface area contributed by atoms with E-state index in [4.69, 9.17) is 0 Å². The van der Waals surface area contributed by atoms with Crippen LogP contribution in [0.3, 0.4) is 0 Å². The van der Waals surface area contributed by atoms with Gasteiger partial charge in [0.1, 0.15) is 5.78 Å². The number of ketones is 1. The Hall–Kier alpha value is -1.18. The average molecular weight is 205 g/mol. The summed E-state index contributed by atoms with van der Waals surface area (Å²) in [6.45, 7) is 13.7. The molecule has 0 spiro atoms. The first-order valence-corrected chi connectivity index (χ1v) is 5.31. The highest BCUT2D eigenvalue weighted by Gasteiger charge is 2.32. The maximum absolute atomic E-state index is 11.9. The van der Waals surface area contributed by atoms with Crippen LogP contribution in [-0.2, 0) is 4.79 Å². The summed E-state index contributed by atoms with van der Waals surface area (Å²) in [6, 6.07) is 0. The maximum atomic E-state index is 11.9. The molecular weight excluding hydrogens is 186 g/mol. The Morgan fingerprint density at radius 2 is 1.80 bits per heavy atom. The number of nitrogens with zero attached hydrogens (tertiary/aromatic N) is 1. The van der Waals surface area contributed by atoms with Crippen LogP contribution in [0.2, 0.25) is 0 Å². The van der Waals surface area contributed by atoms with E-state index in [1.807, 2.05) is 34.6 Å². The molecule has 1 rings (SSSR count). The Balaban J connectivity index is 3.28. The molecule has 15 heavy (non-hydrogen) atoms. The fourth-order valence-electron chi connectivity index (χ4n) is 1.92. The van der Waals surface area contributed by atoms with Gasteiger partial charge in [-0.1, -0.05) is 13.5 Å². The zero-order valence-corrected chi connectivity index (χ0v) is 10.2. The Labute approximate surface area is 91.8 Å². The summed E-state index contributed by atoms with van der Waals surface area (Å²) < 4.78 is 0. The summed E-state index contributed by atoms with van der Waals surface area (Å²) in [6.07, 6.45) is 0. The molecule has 82 valence electrons. The Kier molecular flexibility index (Phi) is 3.28. The molecule has 2 atom stereocenters. The highest BCUT2D eigenvalue weighted by molar-refractivity contribution is 5.92. The minimum atomic E-state index is -0.0969. The van der Waals surface area contributed by atoms with Gasteiger partial charge in [-0.15, -0.1) is 0 Å². The number of allylic oxidation sites excluding steroid dienone is 3. The van der Waals surface area contributed by atoms with Crippen molar-refractivity contribution in [3.05, 3.63) is 23.4 Å². The highest BCUT2D eigenvalue weighted by Crippen LogP contribution is 2.34. The van der Waals surface area contributed by atoms with Crippen molar-refractivity contribution in [2.45, 2.75) is 34.6 Å². The van der Waals surface area contributed by atoms with Gasteiger partial charge >= 0.3 is 0 Å². The van der Waals surface area contributed by atoms with Crippen molar-refractivity contribution < 1.29 is 4.79 Å². The third-order valence-electron chi connectivity index (χ3n) is 3.00. The summed E-state index contributed by atoms with van der Waals surface area (Å²) in [7, 11) is 0. The van der Waals surface area contributed by atoms with E-state index in [9.17, 15) is 4.79 Å². The lowest BCUT2D eigenvalue weighted by molar-refractivity contribution is -0.124. The van der Waals surface area contributed by atoms with Gasteiger partial charge in [-0.2, -0.15) is 0 Å². The fourth-order valence-corrected chi connectivity index (χ4v) is 1.92. The van der Waals surface area contributed by atoms with Crippen LogP contribution in [0.1, 0.15) is 34.6 Å². The largest absolute Gasteiger partial charge is 0.298 e. The molecule has 0 aliphatic heterocycles. The monoisotopic (exact) mass is 205 g/mol. The van der Waals surface area contributed by atoms with Crippen LogP contribution in [0.4, 0.5) is 0 Å². The van der Waals surface area contributed by atoms with E-state index in [1.165, 1.54) is 0 Å². The van der Waals surface area contributed by atoms with Crippen molar-refractivity contribution >= 4 is 11.5 Å². The molecule has 0 aromatic heterocycles. The molecule has 1 aliphatic carbocycles. The predicted octanol–water partition coefficient (Wildman–Crippen LogP) is 3.15. The first-order chi connectivity index (χ1) is 6.86. The molecule has 0 N–H and O–H groups in total. The predicted molar refractivity (Wildman–Crippen MR) is 64.0 cm³/mol. The quantitative estimate of drug-likeness (QED) is 0.605. The molecule has 0 aromatic rings. The fraction of sp³-hybridized carbons (Fsp3) is 0.538. The zero-order valence-electron chi connectivity index (χ0n) is 10.2. The standard InChI is InChI=1S/C13H19NO/c1-7(2)14-12-9(4)8(3)10(5)13(15)11(12)6/h10-11H,3H2,1-2,4-6H3. The van der Waals surface area contributed by atoms with Crippen LogP contribution < -0.4 is 0 Å².